The first-order valence-corrected chi connectivity index (χ1v) is 4.96. The van der Waals surface area contributed by atoms with Gasteiger partial charge in [-0.05, 0) is 18.2 Å². The van der Waals surface area contributed by atoms with Gasteiger partial charge in [-0.3, -0.25) is 4.79 Å². The second-order valence-electron chi connectivity index (χ2n) is 3.87. The van der Waals surface area contributed by atoms with Crippen molar-refractivity contribution in [1.82, 2.24) is 4.90 Å². The van der Waals surface area contributed by atoms with Gasteiger partial charge in [0.2, 0.25) is 5.91 Å². The second-order valence-corrected chi connectivity index (χ2v) is 3.87. The van der Waals surface area contributed by atoms with Crippen molar-refractivity contribution < 1.29 is 18.7 Å². The Bertz CT molecular complexity index is 422. The Morgan fingerprint density at radius 1 is 1.44 bits per heavy atom. The first-order chi connectivity index (χ1) is 7.56. The molecule has 1 saturated heterocycles. The molecule has 5 heteroatoms. The number of likely N-dealkylation sites (tertiary alicyclic amines) is 1. The van der Waals surface area contributed by atoms with Crippen molar-refractivity contribution in [1.29, 1.82) is 0 Å². The number of aliphatic hydroxyl groups excluding tert-OH is 1. The molecule has 16 heavy (non-hydrogen) atoms. The largest absolute Gasteiger partial charge is 0.391 e. The molecule has 0 spiro atoms. The number of hydrogen-bond acceptors (Lipinski definition) is 2. The molecule has 1 fully saturated rings. The predicted octanol–water partition coefficient (Wildman–Crippen LogP) is 1.06. The standard InChI is InChI=1S/C11H11F2NO2/c12-8-1-2-10(13)7(3-8)5-14-6-9(15)4-11(14)16/h1-3,9,15H,4-6H2. The summed E-state index contributed by atoms with van der Waals surface area (Å²) >= 11 is 0. The molecule has 0 bridgehead atoms. The van der Waals surface area contributed by atoms with Gasteiger partial charge >= 0.3 is 0 Å². The van der Waals surface area contributed by atoms with Crippen molar-refractivity contribution in [2.75, 3.05) is 6.54 Å². The Labute approximate surface area is 91.3 Å². The zero-order valence-corrected chi connectivity index (χ0v) is 8.49. The molecule has 0 aliphatic carbocycles. The minimum atomic E-state index is -0.705. The number of rotatable bonds is 2. The van der Waals surface area contributed by atoms with Crippen LogP contribution in [-0.2, 0) is 11.3 Å². The number of amides is 1. The summed E-state index contributed by atoms with van der Waals surface area (Å²) in [5.74, 6) is -1.32. The first kappa shape index (κ1) is 11.0. The topological polar surface area (TPSA) is 40.5 Å². The third kappa shape index (κ3) is 2.19. The fourth-order valence-electron chi connectivity index (χ4n) is 1.77. The van der Waals surface area contributed by atoms with E-state index in [1.54, 1.807) is 0 Å². The minimum Gasteiger partial charge on any atom is -0.391 e. The maximum absolute atomic E-state index is 13.3. The van der Waals surface area contributed by atoms with E-state index in [2.05, 4.69) is 0 Å². The average Bonchev–Trinajstić information content (AvgIpc) is 2.51. The summed E-state index contributed by atoms with van der Waals surface area (Å²) in [4.78, 5) is 12.7. The molecular formula is C11H11F2NO2. The Morgan fingerprint density at radius 2 is 2.19 bits per heavy atom. The Balaban J connectivity index is 2.15. The quantitative estimate of drug-likeness (QED) is 0.820. The van der Waals surface area contributed by atoms with E-state index in [9.17, 15) is 18.7 Å². The normalized spacial score (nSPS) is 20.6. The molecule has 1 heterocycles. The van der Waals surface area contributed by atoms with E-state index in [1.165, 1.54) is 4.90 Å². The number of β-amino-alcohol motifs (C(OH)–C–C–N with tert-alkyl or cyclic N) is 1. The maximum atomic E-state index is 13.3. The van der Waals surface area contributed by atoms with E-state index < -0.39 is 17.7 Å². The van der Waals surface area contributed by atoms with E-state index in [4.69, 9.17) is 0 Å². The average molecular weight is 227 g/mol. The minimum absolute atomic E-state index is 0.000509. The number of benzene rings is 1. The van der Waals surface area contributed by atoms with E-state index in [0.29, 0.717) is 0 Å². The number of halogens is 2. The number of hydrogen-bond donors (Lipinski definition) is 1. The van der Waals surface area contributed by atoms with Gasteiger partial charge in [0.25, 0.3) is 0 Å². The molecular weight excluding hydrogens is 216 g/mol. The highest BCUT2D eigenvalue weighted by atomic mass is 19.1. The van der Waals surface area contributed by atoms with Crippen molar-refractivity contribution >= 4 is 5.91 Å². The summed E-state index contributed by atoms with van der Waals surface area (Å²) in [5, 5.41) is 9.24. The summed E-state index contributed by atoms with van der Waals surface area (Å²) < 4.78 is 26.2. The molecule has 3 nitrogen and oxygen atoms in total. The second kappa shape index (κ2) is 4.17. The third-order valence-electron chi connectivity index (χ3n) is 2.56. The van der Waals surface area contributed by atoms with Gasteiger partial charge in [0.1, 0.15) is 11.6 Å². The zero-order valence-electron chi connectivity index (χ0n) is 8.49. The molecule has 1 aromatic rings. The summed E-state index contributed by atoms with van der Waals surface area (Å²) in [6, 6.07) is 3.12. The Morgan fingerprint density at radius 3 is 2.81 bits per heavy atom. The zero-order chi connectivity index (χ0) is 11.7. The van der Waals surface area contributed by atoms with Crippen LogP contribution >= 0.6 is 0 Å². The lowest BCUT2D eigenvalue weighted by atomic mass is 10.2. The van der Waals surface area contributed by atoms with Crippen LogP contribution in [0.3, 0.4) is 0 Å². The smallest absolute Gasteiger partial charge is 0.225 e. The van der Waals surface area contributed by atoms with Crippen LogP contribution in [0.25, 0.3) is 0 Å². The molecule has 0 aromatic heterocycles. The molecule has 1 aliphatic heterocycles. The van der Waals surface area contributed by atoms with E-state index >= 15 is 0 Å². The Hall–Kier alpha value is -1.49. The molecule has 2 rings (SSSR count). The van der Waals surface area contributed by atoms with Gasteiger partial charge in [0, 0.05) is 18.7 Å². The number of carbonyl (C=O) groups is 1. The highest BCUT2D eigenvalue weighted by Crippen LogP contribution is 2.17. The van der Waals surface area contributed by atoms with Gasteiger partial charge in [0.05, 0.1) is 12.5 Å². The van der Waals surface area contributed by atoms with Crippen LogP contribution in [-0.4, -0.2) is 28.6 Å². The fraction of sp³-hybridized carbons (Fsp3) is 0.364. The van der Waals surface area contributed by atoms with Crippen LogP contribution in [0.1, 0.15) is 12.0 Å². The van der Waals surface area contributed by atoms with Gasteiger partial charge in [-0.2, -0.15) is 0 Å². The molecule has 1 unspecified atom stereocenters. The van der Waals surface area contributed by atoms with Crippen molar-refractivity contribution in [2.24, 2.45) is 0 Å². The van der Waals surface area contributed by atoms with Crippen LogP contribution in [0, 0.1) is 11.6 Å². The SMILES string of the molecule is O=C1CC(O)CN1Cc1cc(F)ccc1F. The molecule has 1 amide bonds. The Kier molecular flexibility index (Phi) is 2.87. The van der Waals surface area contributed by atoms with Crippen LogP contribution < -0.4 is 0 Å². The number of carbonyl (C=O) groups excluding carboxylic acids is 1. The lowest BCUT2D eigenvalue weighted by Crippen LogP contribution is -2.25. The number of aliphatic hydroxyl groups is 1. The van der Waals surface area contributed by atoms with Crippen molar-refractivity contribution in [3.05, 3.63) is 35.4 Å². The van der Waals surface area contributed by atoms with Crippen molar-refractivity contribution in [2.45, 2.75) is 19.1 Å². The van der Waals surface area contributed by atoms with Crippen LogP contribution in [0.5, 0.6) is 0 Å². The molecule has 0 radical (unpaired) electrons. The monoisotopic (exact) mass is 227 g/mol. The fourth-order valence-corrected chi connectivity index (χ4v) is 1.77. The summed E-state index contributed by atoms with van der Waals surface area (Å²) in [6.45, 7) is 0.175. The van der Waals surface area contributed by atoms with Gasteiger partial charge in [-0.25, -0.2) is 8.78 Å². The van der Waals surface area contributed by atoms with Crippen LogP contribution in [0.2, 0.25) is 0 Å². The summed E-state index contributed by atoms with van der Waals surface area (Å²) in [6.07, 6.45) is -0.652. The lowest BCUT2D eigenvalue weighted by molar-refractivity contribution is -0.128. The summed E-state index contributed by atoms with van der Waals surface area (Å²) in [7, 11) is 0. The van der Waals surface area contributed by atoms with E-state index in [-0.39, 0.29) is 31.0 Å². The predicted molar refractivity (Wildman–Crippen MR) is 52.4 cm³/mol. The lowest BCUT2D eigenvalue weighted by Gasteiger charge is -2.16. The molecule has 1 aromatic carbocycles. The van der Waals surface area contributed by atoms with Gasteiger partial charge < -0.3 is 10.0 Å². The van der Waals surface area contributed by atoms with Crippen molar-refractivity contribution in [3.63, 3.8) is 0 Å². The van der Waals surface area contributed by atoms with E-state index in [0.717, 1.165) is 18.2 Å². The molecule has 0 saturated carbocycles. The van der Waals surface area contributed by atoms with E-state index in [1.807, 2.05) is 0 Å². The highest BCUT2D eigenvalue weighted by molar-refractivity contribution is 5.79. The first-order valence-electron chi connectivity index (χ1n) is 4.96. The summed E-state index contributed by atoms with van der Waals surface area (Å²) in [5.41, 5.74) is 0.127. The molecule has 1 N–H and O–H groups in total. The van der Waals surface area contributed by atoms with Gasteiger partial charge in [0.15, 0.2) is 0 Å². The molecule has 1 atom stereocenters. The molecule has 1 aliphatic rings. The van der Waals surface area contributed by atoms with Gasteiger partial charge in [-0.1, -0.05) is 0 Å². The van der Waals surface area contributed by atoms with Crippen molar-refractivity contribution in [3.8, 4) is 0 Å². The van der Waals surface area contributed by atoms with Gasteiger partial charge in [-0.15, -0.1) is 0 Å². The van der Waals surface area contributed by atoms with Crippen LogP contribution in [0.15, 0.2) is 18.2 Å². The van der Waals surface area contributed by atoms with Crippen LogP contribution in [0.4, 0.5) is 8.78 Å². The highest BCUT2D eigenvalue weighted by Gasteiger charge is 2.28. The third-order valence-corrected chi connectivity index (χ3v) is 2.56. The molecule has 86 valence electrons. The number of nitrogens with zero attached hydrogens (tertiary/aromatic N) is 1. The maximum Gasteiger partial charge on any atom is 0.225 e.